The minimum Gasteiger partial charge on any atom is -0.462 e. The third kappa shape index (κ3) is 3.39. The van der Waals surface area contributed by atoms with Crippen molar-refractivity contribution in [3.05, 3.63) is 36.3 Å². The molecule has 6 nitrogen and oxygen atoms in total. The summed E-state index contributed by atoms with van der Waals surface area (Å²) in [5, 5.41) is 0. The van der Waals surface area contributed by atoms with Gasteiger partial charge in [0.1, 0.15) is 6.10 Å². The van der Waals surface area contributed by atoms with Gasteiger partial charge in [-0.3, -0.25) is 14.5 Å². The molecule has 0 unspecified atom stereocenters. The number of ether oxygens (including phenoxy) is 1. The van der Waals surface area contributed by atoms with Crippen molar-refractivity contribution in [1.82, 2.24) is 9.80 Å². The molecule has 6 heteroatoms. The van der Waals surface area contributed by atoms with Crippen molar-refractivity contribution in [2.75, 3.05) is 32.7 Å². The average molecular weight is 413 g/mol. The Bertz CT molecular complexity index is 826. The molecule has 1 aromatic rings. The Morgan fingerprint density at radius 3 is 2.83 bits per heavy atom. The smallest absolute Gasteiger partial charge is 0.310 e. The fourth-order valence-corrected chi connectivity index (χ4v) is 6.43. The second-order valence-corrected chi connectivity index (χ2v) is 9.97. The first kappa shape index (κ1) is 19.9. The number of nitrogens with zero attached hydrogens (tertiary/aromatic N) is 2. The van der Waals surface area contributed by atoms with Crippen LogP contribution >= 0.6 is 0 Å². The van der Waals surface area contributed by atoms with E-state index in [0.29, 0.717) is 30.7 Å². The Morgan fingerprint density at radius 2 is 2.10 bits per heavy atom. The van der Waals surface area contributed by atoms with Gasteiger partial charge in [0.25, 0.3) is 5.91 Å². The lowest BCUT2D eigenvalue weighted by Crippen LogP contribution is -2.51. The number of amides is 1. The molecule has 2 aliphatic carbocycles. The van der Waals surface area contributed by atoms with Crippen molar-refractivity contribution in [3.63, 3.8) is 0 Å². The molecular weight excluding hydrogens is 380 g/mol. The largest absolute Gasteiger partial charge is 0.462 e. The quantitative estimate of drug-likeness (QED) is 0.563. The fraction of sp³-hybridized carbons (Fsp3) is 0.667. The van der Waals surface area contributed by atoms with Gasteiger partial charge in [0.2, 0.25) is 0 Å². The van der Waals surface area contributed by atoms with E-state index in [1.54, 1.807) is 12.1 Å². The van der Waals surface area contributed by atoms with Crippen LogP contribution in [0.15, 0.2) is 35.0 Å². The van der Waals surface area contributed by atoms with E-state index >= 15 is 0 Å². The van der Waals surface area contributed by atoms with E-state index in [1.165, 1.54) is 24.7 Å². The van der Waals surface area contributed by atoms with E-state index in [9.17, 15) is 9.59 Å². The Morgan fingerprint density at radius 1 is 1.30 bits per heavy atom. The van der Waals surface area contributed by atoms with E-state index in [4.69, 9.17) is 9.15 Å². The van der Waals surface area contributed by atoms with Crippen molar-refractivity contribution >= 4 is 11.9 Å². The highest BCUT2D eigenvalue weighted by Gasteiger charge is 2.55. The first-order valence-electron chi connectivity index (χ1n) is 11.4. The van der Waals surface area contributed by atoms with Gasteiger partial charge in [-0.15, -0.1) is 0 Å². The van der Waals surface area contributed by atoms with Crippen molar-refractivity contribution in [2.24, 2.45) is 23.2 Å². The summed E-state index contributed by atoms with van der Waals surface area (Å²) in [4.78, 5) is 29.4. The molecule has 2 aliphatic heterocycles. The van der Waals surface area contributed by atoms with Gasteiger partial charge in [-0.2, -0.15) is 0 Å². The zero-order valence-electron chi connectivity index (χ0n) is 17.8. The topological polar surface area (TPSA) is 63.0 Å². The zero-order valence-corrected chi connectivity index (χ0v) is 17.8. The third-order valence-electron chi connectivity index (χ3n) is 8.17. The molecule has 4 aliphatic rings. The molecule has 2 saturated carbocycles. The van der Waals surface area contributed by atoms with E-state index in [1.807, 2.05) is 4.90 Å². The van der Waals surface area contributed by atoms with Crippen molar-refractivity contribution < 1.29 is 18.7 Å². The molecule has 162 valence electrons. The summed E-state index contributed by atoms with van der Waals surface area (Å²) >= 11 is 0. The van der Waals surface area contributed by atoms with Crippen LogP contribution in [-0.4, -0.2) is 60.5 Å². The van der Waals surface area contributed by atoms with Gasteiger partial charge >= 0.3 is 5.97 Å². The van der Waals surface area contributed by atoms with Crippen LogP contribution in [0.3, 0.4) is 0 Å². The van der Waals surface area contributed by atoms with Gasteiger partial charge in [-0.1, -0.05) is 19.1 Å². The van der Waals surface area contributed by atoms with E-state index in [0.717, 1.165) is 38.9 Å². The summed E-state index contributed by atoms with van der Waals surface area (Å²) in [7, 11) is 0. The van der Waals surface area contributed by atoms with Crippen LogP contribution in [0.4, 0.5) is 0 Å². The maximum absolute atomic E-state index is 12.8. The van der Waals surface area contributed by atoms with Crippen molar-refractivity contribution in [3.8, 4) is 0 Å². The van der Waals surface area contributed by atoms with Gasteiger partial charge in [-0.25, -0.2) is 0 Å². The van der Waals surface area contributed by atoms with Crippen LogP contribution in [0, 0.1) is 23.2 Å². The van der Waals surface area contributed by atoms with Crippen LogP contribution in [0.5, 0.6) is 0 Å². The Balaban J connectivity index is 1.21. The summed E-state index contributed by atoms with van der Waals surface area (Å²) < 4.78 is 11.1. The molecule has 0 spiro atoms. The molecule has 0 aromatic carbocycles. The summed E-state index contributed by atoms with van der Waals surface area (Å²) in [6.07, 6.45) is 7.17. The van der Waals surface area contributed by atoms with E-state index < -0.39 is 0 Å². The Kier molecular flexibility index (Phi) is 5.00. The fourth-order valence-electron chi connectivity index (χ4n) is 6.43. The molecule has 2 saturated heterocycles. The van der Waals surface area contributed by atoms with Crippen LogP contribution in [0.25, 0.3) is 0 Å². The number of rotatable bonds is 3. The molecule has 0 N–H and O–H groups in total. The SMILES string of the molecule is C=C1CCC[C@@]2(C)C[C@H]3OC(=O)[C@@H](CN4CCN(C(=O)c5ccco5)CC4)[C@@H]3C[C@H]12. The molecule has 0 bridgehead atoms. The number of esters is 1. The number of hydrogen-bond donors (Lipinski definition) is 0. The molecule has 5 rings (SSSR count). The van der Waals surface area contributed by atoms with Gasteiger partial charge in [-0.05, 0) is 55.6 Å². The van der Waals surface area contributed by atoms with Crippen LogP contribution in [0.1, 0.15) is 49.6 Å². The normalized spacial score (nSPS) is 36.9. The second kappa shape index (κ2) is 7.56. The maximum Gasteiger partial charge on any atom is 0.310 e. The van der Waals surface area contributed by atoms with Crippen LogP contribution < -0.4 is 0 Å². The third-order valence-corrected chi connectivity index (χ3v) is 8.17. The Hall–Kier alpha value is -2.08. The second-order valence-electron chi connectivity index (χ2n) is 9.97. The Labute approximate surface area is 178 Å². The number of carbonyl (C=O) groups is 2. The maximum atomic E-state index is 12.8. The molecule has 0 radical (unpaired) electrons. The van der Waals surface area contributed by atoms with Gasteiger partial charge in [0.05, 0.1) is 12.2 Å². The van der Waals surface area contributed by atoms with Crippen LogP contribution in [0.2, 0.25) is 0 Å². The van der Waals surface area contributed by atoms with Crippen LogP contribution in [-0.2, 0) is 9.53 Å². The number of carbonyl (C=O) groups excluding carboxylic acids is 2. The minimum atomic E-state index is -0.0541. The monoisotopic (exact) mass is 412 g/mol. The zero-order chi connectivity index (χ0) is 20.9. The van der Waals surface area contributed by atoms with E-state index in [2.05, 4.69) is 18.4 Å². The first-order chi connectivity index (χ1) is 14.4. The predicted octanol–water partition coefficient (Wildman–Crippen LogP) is 3.35. The lowest BCUT2D eigenvalue weighted by molar-refractivity contribution is -0.146. The first-order valence-corrected chi connectivity index (χ1v) is 11.4. The molecule has 5 atom stereocenters. The highest BCUT2D eigenvalue weighted by Crippen LogP contribution is 2.56. The standard InChI is InChI=1S/C24H32N2O4/c1-16-5-3-7-24(2)14-21-17(13-19(16)24)18(23(28)30-21)15-25-8-10-26(11-9-25)22(27)20-6-4-12-29-20/h4,6,12,17-19,21H,1,3,5,7-11,13-15H2,2H3/t17-,18-,19+,21+,24-/m0/s1. The molecular formula is C24H32N2O4. The number of hydrogen-bond acceptors (Lipinski definition) is 5. The number of furan rings is 1. The number of piperazine rings is 1. The molecule has 3 heterocycles. The molecule has 1 aromatic heterocycles. The van der Waals surface area contributed by atoms with Crippen molar-refractivity contribution in [2.45, 2.75) is 45.1 Å². The average Bonchev–Trinajstić information content (AvgIpc) is 3.35. The van der Waals surface area contributed by atoms with E-state index in [-0.39, 0.29) is 29.3 Å². The molecule has 1 amide bonds. The number of fused-ring (bicyclic) bond motifs is 2. The lowest BCUT2D eigenvalue weighted by Gasteiger charge is -2.50. The highest BCUT2D eigenvalue weighted by atomic mass is 16.6. The van der Waals surface area contributed by atoms with Gasteiger partial charge < -0.3 is 14.1 Å². The summed E-state index contributed by atoms with van der Waals surface area (Å²) in [5.41, 5.74) is 1.62. The van der Waals surface area contributed by atoms with Gasteiger partial charge in [0.15, 0.2) is 5.76 Å². The summed E-state index contributed by atoms with van der Waals surface area (Å²) in [5.74, 6) is 1.08. The van der Waals surface area contributed by atoms with Gasteiger partial charge in [0, 0.05) is 38.6 Å². The highest BCUT2D eigenvalue weighted by molar-refractivity contribution is 5.91. The van der Waals surface area contributed by atoms with Crippen molar-refractivity contribution in [1.29, 1.82) is 0 Å². The predicted molar refractivity (Wildman–Crippen MR) is 112 cm³/mol. The lowest BCUT2D eigenvalue weighted by atomic mass is 9.55. The summed E-state index contributed by atoms with van der Waals surface area (Å²) in [6.45, 7) is 10.4. The molecule has 4 fully saturated rings. The minimum absolute atomic E-state index is 0.0213. The number of allylic oxidation sites excluding steroid dienone is 1. The molecule has 30 heavy (non-hydrogen) atoms. The summed E-state index contributed by atoms with van der Waals surface area (Å²) in [6, 6.07) is 3.45.